The Morgan fingerprint density at radius 1 is 1.31 bits per heavy atom. The molecular formula is C15H24O. The van der Waals surface area contributed by atoms with Crippen LogP contribution in [-0.4, -0.2) is 6.61 Å². The van der Waals surface area contributed by atoms with E-state index in [1.165, 1.54) is 25.0 Å². The molecule has 0 bridgehead atoms. The summed E-state index contributed by atoms with van der Waals surface area (Å²) in [6, 6.07) is 0. The van der Waals surface area contributed by atoms with E-state index in [2.05, 4.69) is 39.0 Å². The molecule has 16 heavy (non-hydrogen) atoms. The van der Waals surface area contributed by atoms with Gasteiger partial charge in [-0.05, 0) is 42.7 Å². The van der Waals surface area contributed by atoms with Crippen LogP contribution in [0.15, 0.2) is 24.0 Å². The van der Waals surface area contributed by atoms with Crippen LogP contribution in [0.3, 0.4) is 0 Å². The Bertz CT molecular complexity index is 288. The van der Waals surface area contributed by atoms with Gasteiger partial charge in [0.2, 0.25) is 0 Å². The third kappa shape index (κ3) is 2.50. The van der Waals surface area contributed by atoms with E-state index in [1.54, 1.807) is 0 Å². The SMILES string of the molecule is CC1CCC(C(C)C)C(C2=CC=CCO2)C1. The van der Waals surface area contributed by atoms with E-state index >= 15 is 0 Å². The number of rotatable bonds is 2. The van der Waals surface area contributed by atoms with Crippen LogP contribution in [0.2, 0.25) is 0 Å². The normalized spacial score (nSPS) is 34.8. The molecule has 1 nitrogen and oxygen atoms in total. The third-order valence-corrected chi connectivity index (χ3v) is 4.13. The monoisotopic (exact) mass is 220 g/mol. The van der Waals surface area contributed by atoms with Gasteiger partial charge in [-0.2, -0.15) is 0 Å². The van der Waals surface area contributed by atoms with Crippen LogP contribution in [-0.2, 0) is 4.74 Å². The molecule has 1 aliphatic heterocycles. The predicted octanol–water partition coefficient (Wildman–Crippen LogP) is 4.17. The van der Waals surface area contributed by atoms with Gasteiger partial charge in [0.05, 0.1) is 5.76 Å². The average Bonchev–Trinajstić information content (AvgIpc) is 2.29. The van der Waals surface area contributed by atoms with E-state index in [4.69, 9.17) is 4.74 Å². The van der Waals surface area contributed by atoms with E-state index in [0.29, 0.717) is 5.92 Å². The molecule has 0 N–H and O–H groups in total. The first-order chi connectivity index (χ1) is 7.68. The zero-order chi connectivity index (χ0) is 11.5. The second-order valence-electron chi connectivity index (χ2n) is 5.74. The molecule has 0 aromatic rings. The highest BCUT2D eigenvalue weighted by Gasteiger charge is 2.33. The highest BCUT2D eigenvalue weighted by Crippen LogP contribution is 2.42. The molecule has 0 aromatic heterocycles. The van der Waals surface area contributed by atoms with Crippen LogP contribution in [0.1, 0.15) is 40.0 Å². The molecule has 1 fully saturated rings. The van der Waals surface area contributed by atoms with Gasteiger partial charge in [0.1, 0.15) is 6.61 Å². The van der Waals surface area contributed by atoms with Gasteiger partial charge in [0.15, 0.2) is 0 Å². The molecule has 0 radical (unpaired) electrons. The van der Waals surface area contributed by atoms with Gasteiger partial charge < -0.3 is 4.74 Å². The number of hydrogen-bond donors (Lipinski definition) is 0. The third-order valence-electron chi connectivity index (χ3n) is 4.13. The van der Waals surface area contributed by atoms with Gasteiger partial charge in [-0.3, -0.25) is 0 Å². The van der Waals surface area contributed by atoms with E-state index in [0.717, 1.165) is 24.4 Å². The number of ether oxygens (including phenoxy) is 1. The number of allylic oxidation sites excluding steroid dienone is 3. The van der Waals surface area contributed by atoms with Crippen LogP contribution in [0.25, 0.3) is 0 Å². The molecule has 0 aromatic carbocycles. The van der Waals surface area contributed by atoms with Crippen LogP contribution in [0.5, 0.6) is 0 Å². The maximum Gasteiger partial charge on any atom is 0.106 e. The lowest BCUT2D eigenvalue weighted by Gasteiger charge is -2.38. The molecule has 90 valence electrons. The van der Waals surface area contributed by atoms with Gasteiger partial charge in [0, 0.05) is 5.92 Å². The summed E-state index contributed by atoms with van der Waals surface area (Å²) in [4.78, 5) is 0. The fourth-order valence-electron chi connectivity index (χ4n) is 3.17. The highest BCUT2D eigenvalue weighted by atomic mass is 16.5. The predicted molar refractivity (Wildman–Crippen MR) is 68.0 cm³/mol. The molecule has 1 heterocycles. The zero-order valence-electron chi connectivity index (χ0n) is 10.8. The lowest BCUT2D eigenvalue weighted by Crippen LogP contribution is -2.30. The standard InChI is InChI=1S/C15H24O/c1-11(2)13-8-7-12(3)10-14(13)15-6-4-5-9-16-15/h4-6,11-14H,7-10H2,1-3H3. The lowest BCUT2D eigenvalue weighted by molar-refractivity contribution is 0.1000. The molecule has 1 heteroatoms. The van der Waals surface area contributed by atoms with E-state index in [-0.39, 0.29) is 0 Å². The van der Waals surface area contributed by atoms with Crippen molar-refractivity contribution in [1.82, 2.24) is 0 Å². The van der Waals surface area contributed by atoms with Crippen molar-refractivity contribution in [2.45, 2.75) is 40.0 Å². The van der Waals surface area contributed by atoms with Crippen molar-refractivity contribution in [3.05, 3.63) is 24.0 Å². The molecule has 0 saturated heterocycles. The Morgan fingerprint density at radius 3 is 2.75 bits per heavy atom. The molecule has 2 aliphatic rings. The Hall–Kier alpha value is -0.720. The summed E-state index contributed by atoms with van der Waals surface area (Å²) >= 11 is 0. The van der Waals surface area contributed by atoms with Gasteiger partial charge in [-0.25, -0.2) is 0 Å². The Labute approximate surface area is 99.6 Å². The first-order valence-electron chi connectivity index (χ1n) is 6.68. The van der Waals surface area contributed by atoms with Crippen LogP contribution < -0.4 is 0 Å². The van der Waals surface area contributed by atoms with Gasteiger partial charge in [-0.15, -0.1) is 0 Å². The Balaban J connectivity index is 2.13. The number of hydrogen-bond acceptors (Lipinski definition) is 1. The maximum atomic E-state index is 5.82. The summed E-state index contributed by atoms with van der Waals surface area (Å²) in [5, 5.41) is 0. The van der Waals surface area contributed by atoms with Crippen molar-refractivity contribution < 1.29 is 4.74 Å². The average molecular weight is 220 g/mol. The molecule has 2 rings (SSSR count). The lowest BCUT2D eigenvalue weighted by atomic mass is 9.69. The molecule has 3 unspecified atom stereocenters. The summed E-state index contributed by atoms with van der Waals surface area (Å²) in [7, 11) is 0. The van der Waals surface area contributed by atoms with Crippen molar-refractivity contribution >= 4 is 0 Å². The Kier molecular flexibility index (Phi) is 3.73. The Morgan fingerprint density at radius 2 is 2.12 bits per heavy atom. The fourth-order valence-corrected chi connectivity index (χ4v) is 3.17. The minimum Gasteiger partial charge on any atom is -0.494 e. The van der Waals surface area contributed by atoms with Gasteiger partial charge in [0.25, 0.3) is 0 Å². The van der Waals surface area contributed by atoms with E-state index in [9.17, 15) is 0 Å². The van der Waals surface area contributed by atoms with E-state index < -0.39 is 0 Å². The summed E-state index contributed by atoms with van der Waals surface area (Å²) in [5.74, 6) is 4.35. The van der Waals surface area contributed by atoms with Crippen LogP contribution in [0, 0.1) is 23.7 Å². The van der Waals surface area contributed by atoms with Gasteiger partial charge in [-0.1, -0.05) is 33.3 Å². The highest BCUT2D eigenvalue weighted by molar-refractivity contribution is 5.15. The van der Waals surface area contributed by atoms with Crippen molar-refractivity contribution in [2.75, 3.05) is 6.61 Å². The smallest absolute Gasteiger partial charge is 0.106 e. The second kappa shape index (κ2) is 5.07. The van der Waals surface area contributed by atoms with E-state index in [1.807, 2.05) is 0 Å². The molecular weight excluding hydrogens is 196 g/mol. The molecule has 1 saturated carbocycles. The summed E-state index contributed by atoms with van der Waals surface area (Å²) < 4.78 is 5.82. The molecule has 0 amide bonds. The fraction of sp³-hybridized carbons (Fsp3) is 0.733. The van der Waals surface area contributed by atoms with Crippen molar-refractivity contribution in [3.63, 3.8) is 0 Å². The van der Waals surface area contributed by atoms with Crippen LogP contribution >= 0.6 is 0 Å². The summed E-state index contributed by atoms with van der Waals surface area (Å²) in [5.41, 5.74) is 0. The van der Waals surface area contributed by atoms with Crippen LogP contribution in [0.4, 0.5) is 0 Å². The summed E-state index contributed by atoms with van der Waals surface area (Å²) in [6.45, 7) is 7.85. The molecule has 0 spiro atoms. The largest absolute Gasteiger partial charge is 0.494 e. The minimum absolute atomic E-state index is 0.661. The van der Waals surface area contributed by atoms with Gasteiger partial charge >= 0.3 is 0 Å². The molecule has 1 aliphatic carbocycles. The maximum absolute atomic E-state index is 5.82. The molecule has 3 atom stereocenters. The minimum atomic E-state index is 0.661. The van der Waals surface area contributed by atoms with Crippen molar-refractivity contribution in [2.24, 2.45) is 23.7 Å². The zero-order valence-corrected chi connectivity index (χ0v) is 10.8. The summed E-state index contributed by atoms with van der Waals surface area (Å²) in [6.07, 6.45) is 10.5. The first-order valence-corrected chi connectivity index (χ1v) is 6.68. The quantitative estimate of drug-likeness (QED) is 0.679. The van der Waals surface area contributed by atoms with Crippen molar-refractivity contribution in [3.8, 4) is 0 Å². The topological polar surface area (TPSA) is 9.23 Å². The first kappa shape index (κ1) is 11.8. The second-order valence-corrected chi connectivity index (χ2v) is 5.74. The van der Waals surface area contributed by atoms with Crippen molar-refractivity contribution in [1.29, 1.82) is 0 Å².